The number of carbonyl (C=O) groups excluding carboxylic acids is 1. The monoisotopic (exact) mass is 393 g/mol. The van der Waals surface area contributed by atoms with Crippen molar-refractivity contribution in [2.45, 2.75) is 25.1 Å². The van der Waals surface area contributed by atoms with Crippen LogP contribution >= 0.6 is 0 Å². The third-order valence-electron chi connectivity index (χ3n) is 5.80. The van der Waals surface area contributed by atoms with Crippen molar-refractivity contribution in [3.63, 3.8) is 0 Å². The molecule has 0 aliphatic carbocycles. The van der Waals surface area contributed by atoms with E-state index in [1.807, 2.05) is 11.0 Å². The van der Waals surface area contributed by atoms with Gasteiger partial charge in [0, 0.05) is 45.8 Å². The van der Waals surface area contributed by atoms with Crippen LogP contribution in [0.15, 0.2) is 18.2 Å². The van der Waals surface area contributed by atoms with E-state index in [4.69, 9.17) is 14.2 Å². The molecule has 3 aliphatic rings. The predicted molar refractivity (Wildman–Crippen MR) is 101 cm³/mol. The summed E-state index contributed by atoms with van der Waals surface area (Å²) in [6.45, 7) is 7.25. The Hall–Kier alpha value is -1.90. The molecule has 28 heavy (non-hydrogen) atoms. The van der Waals surface area contributed by atoms with Crippen LogP contribution in [0.5, 0.6) is 5.75 Å². The van der Waals surface area contributed by atoms with Crippen LogP contribution < -0.4 is 4.74 Å². The van der Waals surface area contributed by atoms with E-state index in [1.165, 1.54) is 13.2 Å². The lowest BCUT2D eigenvalue weighted by Crippen LogP contribution is -2.41. The number of methoxy groups -OCH3 is 1. The minimum atomic E-state index is -0.351. The maximum absolute atomic E-state index is 13.9. The van der Waals surface area contributed by atoms with Crippen molar-refractivity contribution in [1.29, 1.82) is 0 Å². The Morgan fingerprint density at radius 1 is 1.18 bits per heavy atom. The summed E-state index contributed by atoms with van der Waals surface area (Å²) in [6, 6.07) is 5.13. The molecule has 0 bridgehead atoms. The number of fused-ring (bicyclic) bond motifs is 1. The summed E-state index contributed by atoms with van der Waals surface area (Å²) >= 11 is 0. The van der Waals surface area contributed by atoms with E-state index in [0.717, 1.165) is 51.4 Å². The van der Waals surface area contributed by atoms with Crippen molar-refractivity contribution in [2.75, 3.05) is 59.6 Å². The fraction of sp³-hybridized carbons (Fsp3) is 0.650. The number of ether oxygens (including phenoxy) is 3. The van der Waals surface area contributed by atoms with E-state index < -0.39 is 0 Å². The Balaban J connectivity index is 1.29. The molecule has 7 nitrogen and oxygen atoms in total. The number of morpholine rings is 1. The number of hydrogen-bond acceptors (Lipinski definition) is 6. The topological polar surface area (TPSA) is 54.5 Å². The number of hydrogen-bond donors (Lipinski definition) is 0. The summed E-state index contributed by atoms with van der Waals surface area (Å²) in [5, 5.41) is 0. The molecule has 1 aromatic carbocycles. The molecular weight excluding hydrogens is 365 g/mol. The van der Waals surface area contributed by atoms with Gasteiger partial charge >= 0.3 is 6.09 Å². The highest BCUT2D eigenvalue weighted by atomic mass is 19.1. The molecule has 0 saturated carbocycles. The highest BCUT2D eigenvalue weighted by molar-refractivity contribution is 5.71. The largest absolute Gasteiger partial charge is 0.494 e. The molecule has 1 amide bonds. The smallest absolute Gasteiger partial charge is 0.410 e. The molecule has 0 unspecified atom stereocenters. The zero-order chi connectivity index (χ0) is 19.5. The first-order valence-electron chi connectivity index (χ1n) is 9.96. The molecule has 2 atom stereocenters. The molecule has 4 rings (SSSR count). The van der Waals surface area contributed by atoms with Crippen LogP contribution in [0.3, 0.4) is 0 Å². The van der Waals surface area contributed by atoms with Gasteiger partial charge in [0.1, 0.15) is 6.10 Å². The molecule has 3 aliphatic heterocycles. The Morgan fingerprint density at radius 2 is 2.00 bits per heavy atom. The maximum atomic E-state index is 13.9. The fourth-order valence-corrected chi connectivity index (χ4v) is 4.32. The van der Waals surface area contributed by atoms with Gasteiger partial charge in [0.15, 0.2) is 11.6 Å². The van der Waals surface area contributed by atoms with Crippen LogP contribution in [0.2, 0.25) is 0 Å². The second-order valence-corrected chi connectivity index (χ2v) is 7.65. The fourth-order valence-electron chi connectivity index (χ4n) is 4.32. The van der Waals surface area contributed by atoms with Crippen molar-refractivity contribution < 1.29 is 23.4 Å². The Bertz CT molecular complexity index is 698. The SMILES string of the molecule is COc1ccc(CN2C[C@H]3OC(=O)N(CCCN4CCOCC4)[C@H]3C2)cc1F. The zero-order valence-corrected chi connectivity index (χ0v) is 16.3. The third kappa shape index (κ3) is 4.24. The van der Waals surface area contributed by atoms with E-state index in [2.05, 4.69) is 9.80 Å². The average molecular weight is 393 g/mol. The summed E-state index contributed by atoms with van der Waals surface area (Å²) in [4.78, 5) is 18.7. The van der Waals surface area contributed by atoms with Gasteiger partial charge in [-0.2, -0.15) is 0 Å². The second kappa shape index (κ2) is 8.63. The lowest BCUT2D eigenvalue weighted by atomic mass is 10.2. The van der Waals surface area contributed by atoms with Crippen molar-refractivity contribution in [1.82, 2.24) is 14.7 Å². The van der Waals surface area contributed by atoms with Crippen LogP contribution in [-0.2, 0) is 16.0 Å². The third-order valence-corrected chi connectivity index (χ3v) is 5.80. The van der Waals surface area contributed by atoms with E-state index in [9.17, 15) is 9.18 Å². The number of benzene rings is 1. The standard InChI is InChI=1S/C20H28FN3O4/c1-26-18-4-3-15(11-16(18)21)12-23-13-17-19(14-23)28-20(25)24(17)6-2-5-22-7-9-27-10-8-22/h3-4,11,17,19H,2,5-10,12-14H2,1H3/t17-,19+/m0/s1. The van der Waals surface area contributed by atoms with Gasteiger partial charge in [-0.25, -0.2) is 9.18 Å². The molecule has 0 radical (unpaired) electrons. The van der Waals surface area contributed by atoms with Crippen molar-refractivity contribution in [2.24, 2.45) is 0 Å². The number of carbonyl (C=O) groups is 1. The summed E-state index contributed by atoms with van der Waals surface area (Å²) < 4.78 is 29.9. The molecule has 154 valence electrons. The van der Waals surface area contributed by atoms with E-state index in [0.29, 0.717) is 19.6 Å². The molecule has 0 spiro atoms. The van der Waals surface area contributed by atoms with Crippen LogP contribution in [0, 0.1) is 5.82 Å². The molecule has 3 saturated heterocycles. The second-order valence-electron chi connectivity index (χ2n) is 7.65. The van der Waals surface area contributed by atoms with Crippen molar-refractivity contribution >= 4 is 6.09 Å². The van der Waals surface area contributed by atoms with Gasteiger partial charge in [-0.05, 0) is 24.1 Å². The highest BCUT2D eigenvalue weighted by Gasteiger charge is 2.47. The van der Waals surface area contributed by atoms with Crippen molar-refractivity contribution in [3.05, 3.63) is 29.6 Å². The zero-order valence-electron chi connectivity index (χ0n) is 16.3. The van der Waals surface area contributed by atoms with Gasteiger partial charge in [0.25, 0.3) is 0 Å². The van der Waals surface area contributed by atoms with Crippen LogP contribution in [0.25, 0.3) is 0 Å². The summed E-state index contributed by atoms with van der Waals surface area (Å²) in [6.07, 6.45) is 0.633. The summed E-state index contributed by atoms with van der Waals surface area (Å²) in [7, 11) is 1.46. The maximum Gasteiger partial charge on any atom is 0.410 e. The molecular formula is C20H28FN3O4. The van der Waals surface area contributed by atoms with Gasteiger partial charge in [0.2, 0.25) is 0 Å². The van der Waals surface area contributed by atoms with Crippen molar-refractivity contribution in [3.8, 4) is 5.75 Å². The first-order valence-corrected chi connectivity index (χ1v) is 9.96. The normalized spacial score (nSPS) is 25.8. The van der Waals surface area contributed by atoms with Crippen LogP contribution in [-0.4, -0.2) is 92.5 Å². The molecule has 0 N–H and O–H groups in total. The lowest BCUT2D eigenvalue weighted by molar-refractivity contribution is 0.0362. The van der Waals surface area contributed by atoms with Crippen LogP contribution in [0.4, 0.5) is 9.18 Å². The quantitative estimate of drug-likeness (QED) is 0.701. The molecule has 1 aromatic rings. The Kier molecular flexibility index (Phi) is 5.99. The Labute approximate surface area is 164 Å². The molecule has 3 heterocycles. The number of nitrogens with zero attached hydrogens (tertiary/aromatic N) is 3. The van der Waals surface area contributed by atoms with Gasteiger partial charge in [0.05, 0.1) is 26.4 Å². The van der Waals surface area contributed by atoms with Gasteiger partial charge in [-0.1, -0.05) is 6.07 Å². The number of rotatable bonds is 7. The highest BCUT2D eigenvalue weighted by Crippen LogP contribution is 2.28. The molecule has 8 heteroatoms. The van der Waals surface area contributed by atoms with E-state index >= 15 is 0 Å². The predicted octanol–water partition coefficient (Wildman–Crippen LogP) is 1.56. The number of halogens is 1. The average Bonchev–Trinajstić information content (AvgIpc) is 3.20. The van der Waals surface area contributed by atoms with E-state index in [-0.39, 0.29) is 29.8 Å². The minimum absolute atomic E-state index is 0.0836. The molecule has 3 fully saturated rings. The minimum Gasteiger partial charge on any atom is -0.494 e. The number of amides is 1. The summed E-state index contributed by atoms with van der Waals surface area (Å²) in [5.74, 6) is -0.0991. The van der Waals surface area contributed by atoms with Gasteiger partial charge < -0.3 is 19.1 Å². The Morgan fingerprint density at radius 3 is 2.75 bits per heavy atom. The first-order chi connectivity index (χ1) is 13.6. The first kappa shape index (κ1) is 19.4. The van der Waals surface area contributed by atoms with E-state index in [1.54, 1.807) is 6.07 Å². The molecule has 0 aromatic heterocycles. The number of likely N-dealkylation sites (tertiary alicyclic amines) is 1. The lowest BCUT2D eigenvalue weighted by Gasteiger charge is -2.28. The van der Waals surface area contributed by atoms with Gasteiger partial charge in [-0.3, -0.25) is 9.80 Å². The summed E-state index contributed by atoms with van der Waals surface area (Å²) in [5.41, 5.74) is 0.892. The van der Waals surface area contributed by atoms with Gasteiger partial charge in [-0.15, -0.1) is 0 Å². The van der Waals surface area contributed by atoms with Crippen LogP contribution in [0.1, 0.15) is 12.0 Å².